The van der Waals surface area contributed by atoms with Gasteiger partial charge in [-0.15, -0.1) is 0 Å². The molecule has 0 spiro atoms. The predicted octanol–water partition coefficient (Wildman–Crippen LogP) is 1.11. The second kappa shape index (κ2) is 6.88. The van der Waals surface area contributed by atoms with Gasteiger partial charge in [0.2, 0.25) is 0 Å². The van der Waals surface area contributed by atoms with Crippen molar-refractivity contribution in [2.24, 2.45) is 0 Å². The zero-order chi connectivity index (χ0) is 14.4. The summed E-state index contributed by atoms with van der Waals surface area (Å²) in [6.07, 6.45) is 0.574. The van der Waals surface area contributed by atoms with Crippen molar-refractivity contribution in [1.29, 1.82) is 0 Å². The minimum absolute atomic E-state index is 0.399. The van der Waals surface area contributed by atoms with Crippen LogP contribution < -0.4 is 11.5 Å². The van der Waals surface area contributed by atoms with E-state index in [0.29, 0.717) is 54.9 Å². The van der Waals surface area contributed by atoms with Crippen LogP contribution in [-0.2, 0) is 15.9 Å². The maximum absolute atomic E-state index is 5.73. The summed E-state index contributed by atoms with van der Waals surface area (Å²) in [5, 5.41) is 3.89. The molecule has 1 aromatic heterocycles. The van der Waals surface area contributed by atoms with Crippen LogP contribution in [0.5, 0.6) is 0 Å². The molecule has 0 bridgehead atoms. The number of anilines is 2. The Morgan fingerprint density at radius 3 is 2.55 bits per heavy atom. The maximum Gasteiger partial charge on any atom is 0.258 e. The molecular formula is C13H18N4O3. The predicted molar refractivity (Wildman–Crippen MR) is 75.0 cm³/mol. The van der Waals surface area contributed by atoms with Crippen molar-refractivity contribution in [3.63, 3.8) is 0 Å². The normalized spacial score (nSPS) is 10.8. The second-order valence-electron chi connectivity index (χ2n) is 4.26. The van der Waals surface area contributed by atoms with Crippen molar-refractivity contribution < 1.29 is 14.0 Å². The highest BCUT2D eigenvalue weighted by Crippen LogP contribution is 2.23. The Morgan fingerprint density at radius 1 is 1.10 bits per heavy atom. The lowest BCUT2D eigenvalue weighted by atomic mass is 10.2. The van der Waals surface area contributed by atoms with Crippen molar-refractivity contribution in [2.45, 2.75) is 6.42 Å². The second-order valence-corrected chi connectivity index (χ2v) is 4.26. The van der Waals surface area contributed by atoms with Crippen LogP contribution in [0.25, 0.3) is 11.5 Å². The average molecular weight is 278 g/mol. The van der Waals surface area contributed by atoms with Gasteiger partial charge in [0.05, 0.1) is 19.8 Å². The topological polar surface area (TPSA) is 109 Å². The molecule has 7 heteroatoms. The summed E-state index contributed by atoms with van der Waals surface area (Å²) in [6.45, 7) is 1.63. The zero-order valence-corrected chi connectivity index (χ0v) is 11.3. The molecule has 0 aliphatic heterocycles. The van der Waals surface area contributed by atoms with E-state index in [1.165, 1.54) is 0 Å². The number of benzene rings is 1. The molecule has 0 unspecified atom stereocenters. The van der Waals surface area contributed by atoms with Gasteiger partial charge in [0, 0.05) is 30.5 Å². The van der Waals surface area contributed by atoms with Crippen molar-refractivity contribution in [3.8, 4) is 11.5 Å². The third-order valence-corrected chi connectivity index (χ3v) is 2.59. The number of ether oxygens (including phenoxy) is 2. The monoisotopic (exact) mass is 278 g/mol. The van der Waals surface area contributed by atoms with Gasteiger partial charge in [-0.3, -0.25) is 0 Å². The summed E-state index contributed by atoms with van der Waals surface area (Å²) in [6, 6.07) is 5.15. The Kier molecular flexibility index (Phi) is 4.91. The summed E-state index contributed by atoms with van der Waals surface area (Å²) in [4.78, 5) is 4.28. The molecule has 0 aliphatic carbocycles. The van der Waals surface area contributed by atoms with Crippen LogP contribution in [0.3, 0.4) is 0 Å². The first-order valence-corrected chi connectivity index (χ1v) is 6.24. The Hall–Kier alpha value is -2.12. The van der Waals surface area contributed by atoms with E-state index in [4.69, 9.17) is 25.5 Å². The summed E-state index contributed by atoms with van der Waals surface area (Å²) in [7, 11) is 1.63. The number of aromatic nitrogens is 2. The highest BCUT2D eigenvalue weighted by molar-refractivity contribution is 5.66. The van der Waals surface area contributed by atoms with Crippen LogP contribution in [-0.4, -0.2) is 37.1 Å². The number of nitrogens with two attached hydrogens (primary N) is 2. The van der Waals surface area contributed by atoms with Crippen LogP contribution >= 0.6 is 0 Å². The lowest BCUT2D eigenvalue weighted by Crippen LogP contribution is -2.05. The minimum atomic E-state index is 0.399. The molecule has 0 aliphatic rings. The number of rotatable bonds is 7. The SMILES string of the molecule is COCCOCCc1noc(-c2cc(N)cc(N)c2)n1. The molecule has 20 heavy (non-hydrogen) atoms. The molecule has 2 aromatic rings. The molecule has 0 amide bonds. The molecule has 2 rings (SSSR count). The third-order valence-electron chi connectivity index (χ3n) is 2.59. The van der Waals surface area contributed by atoms with Crippen LogP contribution in [0.15, 0.2) is 22.7 Å². The quantitative estimate of drug-likeness (QED) is 0.576. The largest absolute Gasteiger partial charge is 0.399 e. The molecule has 1 aromatic carbocycles. The molecule has 108 valence electrons. The number of hydrogen-bond donors (Lipinski definition) is 2. The van der Waals surface area contributed by atoms with Gasteiger partial charge in [-0.2, -0.15) is 4.98 Å². The Bertz CT molecular complexity index is 536. The highest BCUT2D eigenvalue weighted by atomic mass is 16.5. The molecule has 0 saturated carbocycles. The van der Waals surface area contributed by atoms with Gasteiger partial charge in [0.15, 0.2) is 5.82 Å². The Morgan fingerprint density at radius 2 is 1.85 bits per heavy atom. The van der Waals surface area contributed by atoms with Crippen molar-refractivity contribution >= 4 is 11.4 Å². The lowest BCUT2D eigenvalue weighted by Gasteiger charge is -2.00. The van der Waals surface area contributed by atoms with Gasteiger partial charge in [0.25, 0.3) is 5.89 Å². The van der Waals surface area contributed by atoms with Gasteiger partial charge in [-0.25, -0.2) is 0 Å². The minimum Gasteiger partial charge on any atom is -0.399 e. The van der Waals surface area contributed by atoms with E-state index in [-0.39, 0.29) is 0 Å². The highest BCUT2D eigenvalue weighted by Gasteiger charge is 2.10. The fourth-order valence-electron chi connectivity index (χ4n) is 1.68. The number of methoxy groups -OCH3 is 1. The molecular weight excluding hydrogens is 260 g/mol. The molecule has 1 heterocycles. The fourth-order valence-corrected chi connectivity index (χ4v) is 1.68. The molecule has 7 nitrogen and oxygen atoms in total. The van der Waals surface area contributed by atoms with E-state index in [2.05, 4.69) is 10.1 Å². The molecule has 0 fully saturated rings. The number of nitrogen functional groups attached to an aromatic ring is 2. The summed E-state index contributed by atoms with van der Waals surface area (Å²) >= 11 is 0. The van der Waals surface area contributed by atoms with Crippen molar-refractivity contribution in [3.05, 3.63) is 24.0 Å². The molecule has 0 saturated heterocycles. The third kappa shape index (κ3) is 3.94. The number of nitrogens with zero attached hydrogens (tertiary/aromatic N) is 2. The van der Waals surface area contributed by atoms with Gasteiger partial charge in [-0.1, -0.05) is 5.16 Å². The Labute approximate surface area is 116 Å². The van der Waals surface area contributed by atoms with E-state index in [9.17, 15) is 0 Å². The van der Waals surface area contributed by atoms with E-state index in [1.54, 1.807) is 25.3 Å². The van der Waals surface area contributed by atoms with Gasteiger partial charge in [0.1, 0.15) is 0 Å². The molecule has 0 atom stereocenters. The molecule has 4 N–H and O–H groups in total. The first kappa shape index (κ1) is 14.3. The smallest absolute Gasteiger partial charge is 0.258 e. The first-order chi connectivity index (χ1) is 9.69. The Balaban J connectivity index is 1.94. The first-order valence-electron chi connectivity index (χ1n) is 6.24. The lowest BCUT2D eigenvalue weighted by molar-refractivity contribution is 0.0714. The van der Waals surface area contributed by atoms with Crippen LogP contribution in [0.1, 0.15) is 5.82 Å². The summed E-state index contributed by atoms with van der Waals surface area (Å²) < 4.78 is 15.4. The van der Waals surface area contributed by atoms with E-state index in [0.717, 1.165) is 0 Å². The zero-order valence-electron chi connectivity index (χ0n) is 11.3. The summed E-state index contributed by atoms with van der Waals surface area (Å²) in [5.41, 5.74) is 13.3. The van der Waals surface area contributed by atoms with Crippen LogP contribution in [0, 0.1) is 0 Å². The van der Waals surface area contributed by atoms with E-state index < -0.39 is 0 Å². The van der Waals surface area contributed by atoms with Crippen molar-refractivity contribution in [1.82, 2.24) is 10.1 Å². The van der Waals surface area contributed by atoms with E-state index in [1.807, 2.05) is 0 Å². The summed E-state index contributed by atoms with van der Waals surface area (Å²) in [5.74, 6) is 0.981. The van der Waals surface area contributed by atoms with Crippen molar-refractivity contribution in [2.75, 3.05) is 38.4 Å². The average Bonchev–Trinajstić information content (AvgIpc) is 2.86. The fraction of sp³-hybridized carbons (Fsp3) is 0.385. The van der Waals surface area contributed by atoms with Crippen LogP contribution in [0.4, 0.5) is 11.4 Å². The maximum atomic E-state index is 5.73. The van der Waals surface area contributed by atoms with Crippen LogP contribution in [0.2, 0.25) is 0 Å². The van der Waals surface area contributed by atoms with E-state index >= 15 is 0 Å². The molecule has 0 radical (unpaired) electrons. The standard InChI is InChI=1S/C13H18N4O3/c1-18-4-5-19-3-2-12-16-13(20-17-12)9-6-10(14)8-11(15)7-9/h6-8H,2-5,14-15H2,1H3. The van der Waals surface area contributed by atoms with Gasteiger partial charge in [-0.05, 0) is 18.2 Å². The van der Waals surface area contributed by atoms with Gasteiger partial charge < -0.3 is 25.5 Å². The number of hydrogen-bond acceptors (Lipinski definition) is 7. The van der Waals surface area contributed by atoms with Gasteiger partial charge >= 0.3 is 0 Å².